The summed E-state index contributed by atoms with van der Waals surface area (Å²) in [6, 6.07) is 2.62. The standard InChI is InChI=1S/C23H21F2NO4S/c1-2-30-23(29)14-10-26(11-6-7-11)21-13(22(14)28)8-15(24)19(20(21)25)18-9-12-16(27)4-3-5-17(12)31-18/h8-11,16,27H,2-7H2,1H3. The topological polar surface area (TPSA) is 68.5 Å². The maximum absolute atomic E-state index is 15.8. The van der Waals surface area contributed by atoms with Crippen LogP contribution < -0.4 is 5.43 Å². The van der Waals surface area contributed by atoms with Gasteiger partial charge in [-0.3, -0.25) is 4.79 Å². The summed E-state index contributed by atoms with van der Waals surface area (Å²) in [6.45, 7) is 1.72. The Bertz CT molecular complexity index is 1280. The van der Waals surface area contributed by atoms with Gasteiger partial charge in [-0.05, 0) is 56.7 Å². The number of fused-ring (bicyclic) bond motifs is 2. The SMILES string of the molecule is CCOC(=O)c1cn(C2CC2)c2c(F)c(-c3cc4c(s3)CCCC4O)c(F)cc2c1=O. The summed E-state index contributed by atoms with van der Waals surface area (Å²) >= 11 is 1.28. The fourth-order valence-electron chi connectivity index (χ4n) is 4.32. The van der Waals surface area contributed by atoms with Crippen LogP contribution in [-0.4, -0.2) is 22.2 Å². The largest absolute Gasteiger partial charge is 0.462 e. The first-order valence-corrected chi connectivity index (χ1v) is 11.3. The Balaban J connectivity index is 1.76. The molecule has 1 unspecified atom stereocenters. The highest BCUT2D eigenvalue weighted by Gasteiger charge is 2.31. The first-order valence-electron chi connectivity index (χ1n) is 10.5. The third-order valence-electron chi connectivity index (χ3n) is 5.97. The number of benzene rings is 1. The molecule has 1 aromatic carbocycles. The Kier molecular flexibility index (Phi) is 4.94. The van der Waals surface area contributed by atoms with Crippen molar-refractivity contribution in [3.63, 3.8) is 0 Å². The molecule has 1 N–H and O–H groups in total. The van der Waals surface area contributed by atoms with Gasteiger partial charge in [0, 0.05) is 22.0 Å². The Hall–Kier alpha value is -2.58. The lowest BCUT2D eigenvalue weighted by atomic mass is 9.95. The molecule has 1 atom stereocenters. The number of aliphatic hydroxyl groups excluding tert-OH is 1. The van der Waals surface area contributed by atoms with Crippen LogP contribution >= 0.6 is 11.3 Å². The number of hydrogen-bond acceptors (Lipinski definition) is 5. The van der Waals surface area contributed by atoms with E-state index in [-0.39, 0.29) is 34.7 Å². The number of nitrogens with zero attached hydrogens (tertiary/aromatic N) is 1. The van der Waals surface area contributed by atoms with Crippen molar-refractivity contribution in [2.45, 2.75) is 51.2 Å². The lowest BCUT2D eigenvalue weighted by Gasteiger charge is -2.16. The van der Waals surface area contributed by atoms with Gasteiger partial charge in [0.25, 0.3) is 0 Å². The molecule has 0 radical (unpaired) electrons. The highest BCUT2D eigenvalue weighted by atomic mass is 32.1. The molecule has 5 rings (SSSR count). The minimum atomic E-state index is -0.862. The zero-order valence-corrected chi connectivity index (χ0v) is 17.7. The molecule has 1 saturated carbocycles. The average molecular weight is 445 g/mol. The van der Waals surface area contributed by atoms with Crippen LogP contribution in [0.1, 0.15) is 65.6 Å². The number of carbonyl (C=O) groups is 1. The lowest BCUT2D eigenvalue weighted by molar-refractivity contribution is 0.0524. The summed E-state index contributed by atoms with van der Waals surface area (Å²) in [7, 11) is 0. The molecule has 5 nitrogen and oxygen atoms in total. The van der Waals surface area contributed by atoms with E-state index in [1.807, 2.05) is 0 Å². The molecule has 0 saturated heterocycles. The average Bonchev–Trinajstić information content (AvgIpc) is 3.48. The van der Waals surface area contributed by atoms with Crippen LogP contribution in [0.5, 0.6) is 0 Å². The number of ether oxygens (including phenoxy) is 1. The van der Waals surface area contributed by atoms with Crippen LogP contribution in [0, 0.1) is 11.6 Å². The second kappa shape index (κ2) is 7.53. The minimum Gasteiger partial charge on any atom is -0.462 e. The van der Waals surface area contributed by atoms with E-state index in [1.54, 1.807) is 17.6 Å². The first-order chi connectivity index (χ1) is 14.9. The number of aryl methyl sites for hydroxylation is 1. The minimum absolute atomic E-state index is 0.00358. The van der Waals surface area contributed by atoms with Crippen LogP contribution in [0.25, 0.3) is 21.3 Å². The summed E-state index contributed by atoms with van der Waals surface area (Å²) < 4.78 is 37.5. The molecule has 3 aromatic rings. The van der Waals surface area contributed by atoms with Crippen molar-refractivity contribution in [2.75, 3.05) is 6.61 Å². The van der Waals surface area contributed by atoms with Crippen LogP contribution in [0.4, 0.5) is 8.78 Å². The van der Waals surface area contributed by atoms with E-state index in [0.717, 1.165) is 42.2 Å². The van der Waals surface area contributed by atoms with Gasteiger partial charge in [-0.25, -0.2) is 13.6 Å². The third-order valence-corrected chi connectivity index (χ3v) is 7.20. The van der Waals surface area contributed by atoms with Gasteiger partial charge in [-0.15, -0.1) is 11.3 Å². The third kappa shape index (κ3) is 3.29. The molecular formula is C23H21F2NO4S. The van der Waals surface area contributed by atoms with E-state index < -0.39 is 29.1 Å². The fourth-order valence-corrected chi connectivity index (χ4v) is 5.62. The number of aromatic nitrogens is 1. The maximum atomic E-state index is 15.8. The van der Waals surface area contributed by atoms with Crippen molar-refractivity contribution in [2.24, 2.45) is 0 Å². The van der Waals surface area contributed by atoms with Gasteiger partial charge in [-0.2, -0.15) is 0 Å². The number of carbonyl (C=O) groups excluding carboxylic acids is 1. The molecule has 8 heteroatoms. The molecule has 2 aromatic heterocycles. The second-order valence-corrected chi connectivity index (χ2v) is 9.21. The molecule has 0 spiro atoms. The van der Waals surface area contributed by atoms with E-state index in [1.165, 1.54) is 17.5 Å². The Labute approximate surface area is 180 Å². The smallest absolute Gasteiger partial charge is 0.343 e. The molecule has 31 heavy (non-hydrogen) atoms. The zero-order chi connectivity index (χ0) is 21.9. The number of rotatable bonds is 4. The monoisotopic (exact) mass is 445 g/mol. The van der Waals surface area contributed by atoms with E-state index >= 15 is 8.78 Å². The summed E-state index contributed by atoms with van der Waals surface area (Å²) in [5.41, 5.74) is -0.429. The van der Waals surface area contributed by atoms with Crippen molar-refractivity contribution in [3.05, 3.63) is 56.2 Å². The first kappa shape index (κ1) is 20.3. The van der Waals surface area contributed by atoms with E-state index in [4.69, 9.17) is 4.74 Å². The van der Waals surface area contributed by atoms with Gasteiger partial charge in [0.1, 0.15) is 11.4 Å². The summed E-state index contributed by atoms with van der Waals surface area (Å²) in [4.78, 5) is 26.5. The second-order valence-electron chi connectivity index (χ2n) is 8.07. The van der Waals surface area contributed by atoms with Crippen molar-refractivity contribution >= 4 is 28.2 Å². The van der Waals surface area contributed by atoms with Crippen molar-refractivity contribution in [1.29, 1.82) is 0 Å². The zero-order valence-electron chi connectivity index (χ0n) is 16.9. The Morgan fingerprint density at radius 3 is 2.74 bits per heavy atom. The van der Waals surface area contributed by atoms with Crippen molar-refractivity contribution in [3.8, 4) is 10.4 Å². The van der Waals surface area contributed by atoms with Crippen LogP contribution in [-0.2, 0) is 11.2 Å². The van der Waals surface area contributed by atoms with E-state index in [9.17, 15) is 14.7 Å². The number of hydrogen-bond donors (Lipinski definition) is 1. The fraction of sp³-hybridized carbons (Fsp3) is 0.391. The van der Waals surface area contributed by atoms with Gasteiger partial charge in [-0.1, -0.05) is 0 Å². The van der Waals surface area contributed by atoms with Crippen LogP contribution in [0.15, 0.2) is 23.1 Å². The molecule has 1 fully saturated rings. The Morgan fingerprint density at radius 1 is 1.29 bits per heavy atom. The summed E-state index contributed by atoms with van der Waals surface area (Å²) in [5, 5.41) is 10.1. The van der Waals surface area contributed by atoms with E-state index in [2.05, 4.69) is 0 Å². The van der Waals surface area contributed by atoms with Crippen LogP contribution in [0.3, 0.4) is 0 Å². The van der Waals surface area contributed by atoms with Gasteiger partial charge < -0.3 is 14.4 Å². The quantitative estimate of drug-likeness (QED) is 0.581. The van der Waals surface area contributed by atoms with Crippen molar-refractivity contribution in [1.82, 2.24) is 4.57 Å². The molecular weight excluding hydrogens is 424 g/mol. The molecule has 2 aliphatic carbocycles. The molecule has 0 bridgehead atoms. The van der Waals surface area contributed by atoms with E-state index in [0.29, 0.717) is 11.3 Å². The van der Waals surface area contributed by atoms with Gasteiger partial charge in [0.05, 0.1) is 29.2 Å². The number of thiophene rings is 1. The number of pyridine rings is 1. The summed E-state index contributed by atoms with van der Waals surface area (Å²) in [5.74, 6) is -2.48. The highest BCUT2D eigenvalue weighted by Crippen LogP contribution is 2.44. The predicted molar refractivity (Wildman–Crippen MR) is 114 cm³/mol. The van der Waals surface area contributed by atoms with Crippen LogP contribution in [0.2, 0.25) is 0 Å². The predicted octanol–water partition coefficient (Wildman–Crippen LogP) is 4.89. The number of esters is 1. The molecule has 0 amide bonds. The molecule has 0 aliphatic heterocycles. The molecule has 162 valence electrons. The lowest BCUT2D eigenvalue weighted by Crippen LogP contribution is -2.21. The molecule has 2 aliphatic rings. The number of halogens is 2. The summed E-state index contributed by atoms with van der Waals surface area (Å²) in [6.07, 6.45) is 4.51. The van der Waals surface area contributed by atoms with Gasteiger partial charge >= 0.3 is 5.97 Å². The molecule has 2 heterocycles. The maximum Gasteiger partial charge on any atom is 0.343 e. The number of aliphatic hydroxyl groups is 1. The Morgan fingerprint density at radius 2 is 2.06 bits per heavy atom. The normalized spacial score (nSPS) is 18.3. The van der Waals surface area contributed by atoms with Gasteiger partial charge in [0.2, 0.25) is 5.43 Å². The van der Waals surface area contributed by atoms with Crippen molar-refractivity contribution < 1.29 is 23.4 Å². The van der Waals surface area contributed by atoms with Gasteiger partial charge in [0.15, 0.2) is 5.82 Å². The highest BCUT2D eigenvalue weighted by molar-refractivity contribution is 7.15.